The van der Waals surface area contributed by atoms with E-state index in [1.165, 1.54) is 36.1 Å². The lowest BCUT2D eigenvalue weighted by Gasteiger charge is -2.32. The van der Waals surface area contributed by atoms with Crippen LogP contribution in [-0.4, -0.2) is 41.3 Å². The summed E-state index contributed by atoms with van der Waals surface area (Å²) in [6.45, 7) is 5.38. The van der Waals surface area contributed by atoms with Crippen LogP contribution in [0.3, 0.4) is 0 Å². The van der Waals surface area contributed by atoms with Crippen LogP contribution >= 0.6 is 12.4 Å². The van der Waals surface area contributed by atoms with E-state index in [9.17, 15) is 0 Å². The highest BCUT2D eigenvalue weighted by molar-refractivity contribution is 5.85. The molecule has 120 valence electrons. The van der Waals surface area contributed by atoms with Crippen molar-refractivity contribution in [3.05, 3.63) is 41.6 Å². The fraction of sp³-hybridized carbons (Fsp3) is 0.471. The number of aryl methyl sites for hydroxylation is 1. The number of hydrogen-bond donors (Lipinski definition) is 2. The highest BCUT2D eigenvalue weighted by Crippen LogP contribution is 2.23. The third-order valence-electron chi connectivity index (χ3n) is 4.37. The summed E-state index contributed by atoms with van der Waals surface area (Å²) in [5, 5.41) is 10.8. The Hall–Kier alpha value is -1.36. The van der Waals surface area contributed by atoms with Crippen LogP contribution in [-0.2, 0) is 6.54 Å². The Bertz CT molecular complexity index is 579. The van der Waals surface area contributed by atoms with Crippen LogP contribution in [0.15, 0.2) is 30.5 Å². The highest BCUT2D eigenvalue weighted by atomic mass is 35.5. The van der Waals surface area contributed by atoms with Crippen LogP contribution in [0.4, 0.5) is 0 Å². The lowest BCUT2D eigenvalue weighted by molar-refractivity contribution is 0.188. The smallest absolute Gasteiger partial charge is 0.0695 e. The van der Waals surface area contributed by atoms with Crippen LogP contribution in [0.5, 0.6) is 0 Å². The molecule has 1 aromatic carbocycles. The first-order valence-electron chi connectivity index (χ1n) is 7.75. The topological polar surface area (TPSA) is 44.0 Å². The van der Waals surface area contributed by atoms with Crippen molar-refractivity contribution in [2.24, 2.45) is 0 Å². The maximum Gasteiger partial charge on any atom is 0.0695 e. The summed E-state index contributed by atoms with van der Waals surface area (Å²) >= 11 is 0. The van der Waals surface area contributed by atoms with Gasteiger partial charge in [0, 0.05) is 24.7 Å². The van der Waals surface area contributed by atoms with E-state index in [0.29, 0.717) is 6.04 Å². The summed E-state index contributed by atoms with van der Waals surface area (Å²) in [7, 11) is 2.06. The zero-order valence-electron chi connectivity index (χ0n) is 13.3. The van der Waals surface area contributed by atoms with Crippen LogP contribution in [0, 0.1) is 6.92 Å². The van der Waals surface area contributed by atoms with Gasteiger partial charge < -0.3 is 5.32 Å². The van der Waals surface area contributed by atoms with E-state index in [2.05, 4.69) is 58.7 Å². The monoisotopic (exact) mass is 320 g/mol. The molecule has 1 aliphatic rings. The number of halogens is 1. The van der Waals surface area contributed by atoms with E-state index in [1.54, 1.807) is 0 Å². The van der Waals surface area contributed by atoms with Gasteiger partial charge in [-0.05, 0) is 38.9 Å². The van der Waals surface area contributed by atoms with Crippen molar-refractivity contribution in [2.75, 3.05) is 20.1 Å². The molecule has 2 aromatic rings. The Kier molecular flexibility index (Phi) is 6.00. The number of H-pyrrole nitrogens is 1. The highest BCUT2D eigenvalue weighted by Gasteiger charge is 2.20. The van der Waals surface area contributed by atoms with Gasteiger partial charge in [-0.2, -0.15) is 5.10 Å². The van der Waals surface area contributed by atoms with E-state index in [0.717, 1.165) is 18.8 Å². The molecule has 0 bridgehead atoms. The van der Waals surface area contributed by atoms with E-state index in [-0.39, 0.29) is 12.4 Å². The summed E-state index contributed by atoms with van der Waals surface area (Å²) in [5.74, 6) is 0. The van der Waals surface area contributed by atoms with Gasteiger partial charge >= 0.3 is 0 Å². The molecule has 0 aliphatic carbocycles. The number of likely N-dealkylation sites (N-methyl/N-ethyl adjacent to an activating group) is 1. The molecule has 0 radical (unpaired) electrons. The van der Waals surface area contributed by atoms with E-state index in [1.807, 2.05) is 6.20 Å². The van der Waals surface area contributed by atoms with Gasteiger partial charge in [-0.3, -0.25) is 10.00 Å². The van der Waals surface area contributed by atoms with E-state index >= 15 is 0 Å². The fourth-order valence-electron chi connectivity index (χ4n) is 3.08. The lowest BCUT2D eigenvalue weighted by atomic mass is 10.0. The number of hydrogen-bond acceptors (Lipinski definition) is 3. The molecule has 4 nitrogen and oxygen atoms in total. The molecular weight excluding hydrogens is 296 g/mol. The van der Waals surface area contributed by atoms with E-state index in [4.69, 9.17) is 0 Å². The third kappa shape index (κ3) is 3.88. The molecule has 0 saturated carbocycles. The summed E-state index contributed by atoms with van der Waals surface area (Å²) < 4.78 is 0. The van der Waals surface area contributed by atoms with Crippen molar-refractivity contribution >= 4 is 12.4 Å². The Morgan fingerprint density at radius 1 is 1.32 bits per heavy atom. The van der Waals surface area contributed by atoms with E-state index < -0.39 is 0 Å². The molecule has 3 rings (SSSR count). The molecule has 22 heavy (non-hydrogen) atoms. The molecule has 1 unspecified atom stereocenters. The molecule has 1 aromatic heterocycles. The summed E-state index contributed by atoms with van der Waals surface area (Å²) in [4.78, 5) is 2.52. The van der Waals surface area contributed by atoms with Gasteiger partial charge in [0.05, 0.1) is 11.9 Å². The normalized spacial score (nSPS) is 18.9. The molecule has 1 atom stereocenters. The second-order valence-electron chi connectivity index (χ2n) is 6.00. The zero-order chi connectivity index (χ0) is 14.7. The number of nitrogens with one attached hydrogen (secondary N) is 2. The fourth-order valence-corrected chi connectivity index (χ4v) is 3.08. The Balaban J connectivity index is 0.00000176. The second kappa shape index (κ2) is 7.77. The number of rotatable bonds is 4. The average Bonchev–Trinajstić information content (AvgIpc) is 2.96. The number of nitrogens with zero attached hydrogens (tertiary/aromatic N) is 2. The SMILES string of the molecule is CNC1CCCN(Cc2cn[nH]c2-c2ccc(C)cc2)C1.Cl. The third-order valence-corrected chi connectivity index (χ3v) is 4.37. The van der Waals surface area contributed by atoms with Crippen molar-refractivity contribution in [1.29, 1.82) is 0 Å². The maximum atomic E-state index is 4.26. The molecular formula is C17H25ClN4. The Labute approximate surface area is 138 Å². The number of benzene rings is 1. The van der Waals surface area contributed by atoms with Gasteiger partial charge in [0.15, 0.2) is 0 Å². The molecule has 0 spiro atoms. The molecule has 1 saturated heterocycles. The first-order chi connectivity index (χ1) is 10.3. The number of aromatic amines is 1. The zero-order valence-corrected chi connectivity index (χ0v) is 14.1. The van der Waals surface area contributed by atoms with Crippen LogP contribution in [0.25, 0.3) is 11.3 Å². The standard InChI is InChI=1S/C17H24N4.ClH/c1-13-5-7-14(8-6-13)17-15(10-19-20-17)11-21-9-3-4-16(12-21)18-2;/h5-8,10,16,18H,3-4,9,11-12H2,1-2H3,(H,19,20);1H. The quantitative estimate of drug-likeness (QED) is 0.910. The Morgan fingerprint density at radius 3 is 2.82 bits per heavy atom. The first kappa shape index (κ1) is 17.0. The van der Waals surface area contributed by atoms with Crippen LogP contribution in [0.2, 0.25) is 0 Å². The van der Waals surface area contributed by atoms with Gasteiger partial charge in [-0.25, -0.2) is 0 Å². The predicted molar refractivity (Wildman–Crippen MR) is 93.4 cm³/mol. The minimum Gasteiger partial charge on any atom is -0.316 e. The second-order valence-corrected chi connectivity index (χ2v) is 6.00. The van der Waals surface area contributed by atoms with Crippen molar-refractivity contribution in [3.63, 3.8) is 0 Å². The number of piperidine rings is 1. The van der Waals surface area contributed by atoms with Gasteiger partial charge in [0.2, 0.25) is 0 Å². The van der Waals surface area contributed by atoms with Gasteiger partial charge in [0.1, 0.15) is 0 Å². The summed E-state index contributed by atoms with van der Waals surface area (Å²) in [5.41, 5.74) is 4.94. The summed E-state index contributed by atoms with van der Waals surface area (Å²) in [6, 6.07) is 9.25. The molecule has 2 N–H and O–H groups in total. The average molecular weight is 321 g/mol. The number of aromatic nitrogens is 2. The van der Waals surface area contributed by atoms with Crippen LogP contribution in [0.1, 0.15) is 24.0 Å². The molecule has 5 heteroatoms. The van der Waals surface area contributed by atoms with Crippen molar-refractivity contribution < 1.29 is 0 Å². The minimum absolute atomic E-state index is 0. The molecule has 1 fully saturated rings. The van der Waals surface area contributed by atoms with Crippen molar-refractivity contribution in [2.45, 2.75) is 32.4 Å². The molecule has 2 heterocycles. The maximum absolute atomic E-state index is 4.26. The Morgan fingerprint density at radius 2 is 2.09 bits per heavy atom. The first-order valence-corrected chi connectivity index (χ1v) is 7.75. The summed E-state index contributed by atoms with van der Waals surface area (Å²) in [6.07, 6.45) is 4.52. The van der Waals surface area contributed by atoms with Crippen molar-refractivity contribution in [3.8, 4) is 11.3 Å². The minimum atomic E-state index is 0. The van der Waals surface area contributed by atoms with Crippen LogP contribution < -0.4 is 5.32 Å². The van der Waals surface area contributed by atoms with Gasteiger partial charge in [-0.15, -0.1) is 12.4 Å². The van der Waals surface area contributed by atoms with Crippen molar-refractivity contribution in [1.82, 2.24) is 20.4 Å². The largest absolute Gasteiger partial charge is 0.316 e. The molecule has 0 amide bonds. The predicted octanol–water partition coefficient (Wildman–Crippen LogP) is 2.99. The molecule has 1 aliphatic heterocycles. The number of likely N-dealkylation sites (tertiary alicyclic amines) is 1. The lowest BCUT2D eigenvalue weighted by Crippen LogP contribution is -2.43. The van der Waals surface area contributed by atoms with Gasteiger partial charge in [0.25, 0.3) is 0 Å². The van der Waals surface area contributed by atoms with Gasteiger partial charge in [-0.1, -0.05) is 29.8 Å².